The zero-order valence-corrected chi connectivity index (χ0v) is 16.3. The van der Waals surface area contributed by atoms with Crippen LogP contribution in [0, 0.1) is 17.0 Å². The third-order valence-corrected chi connectivity index (χ3v) is 5.74. The number of ether oxygens (including phenoxy) is 1. The summed E-state index contributed by atoms with van der Waals surface area (Å²) in [6.07, 6.45) is 0. The lowest BCUT2D eigenvalue weighted by Gasteiger charge is -2.06. The monoisotopic (exact) mass is 436 g/mol. The number of benzene rings is 2. The third-order valence-electron chi connectivity index (χ3n) is 3.80. The van der Waals surface area contributed by atoms with E-state index in [0.717, 1.165) is 17.7 Å². The van der Waals surface area contributed by atoms with Gasteiger partial charge in [-0.2, -0.15) is 8.42 Å². The van der Waals surface area contributed by atoms with Gasteiger partial charge in [0.25, 0.3) is 15.7 Å². The second-order valence-corrected chi connectivity index (χ2v) is 8.06. The van der Waals surface area contributed by atoms with E-state index in [9.17, 15) is 23.3 Å². The molecule has 0 fully saturated rings. The first-order valence-corrected chi connectivity index (χ1v) is 9.75. The molecule has 0 saturated carbocycles. The number of nitro groups is 1. The lowest BCUT2D eigenvalue weighted by atomic mass is 10.2. The van der Waals surface area contributed by atoms with Crippen LogP contribution in [0.25, 0.3) is 0 Å². The molecular weight excluding hydrogens is 424 g/mol. The van der Waals surface area contributed by atoms with E-state index in [4.69, 9.17) is 22.1 Å². The maximum absolute atomic E-state index is 12.7. The van der Waals surface area contributed by atoms with Crippen LogP contribution in [0.4, 0.5) is 11.5 Å². The minimum absolute atomic E-state index is 0.0518. The zero-order valence-electron chi connectivity index (χ0n) is 14.8. The number of halogens is 1. The van der Waals surface area contributed by atoms with Crippen molar-refractivity contribution in [2.24, 2.45) is 0 Å². The molecule has 29 heavy (non-hydrogen) atoms. The first-order valence-electron chi connectivity index (χ1n) is 7.93. The van der Waals surface area contributed by atoms with E-state index in [1.165, 1.54) is 24.3 Å². The van der Waals surface area contributed by atoms with Crippen LogP contribution in [0.15, 0.2) is 53.4 Å². The molecule has 0 aliphatic heterocycles. The van der Waals surface area contributed by atoms with Gasteiger partial charge in [-0.05, 0) is 31.2 Å². The molecule has 0 saturated heterocycles. The SMILES string of the molecule is Cc1ccc(S(=O)(=O)n2nc(OC(=O)c3ccc(Cl)c([N+](=O)[O-])c3)cc2N)cc1. The summed E-state index contributed by atoms with van der Waals surface area (Å²) in [5.41, 5.74) is 5.93. The van der Waals surface area contributed by atoms with Gasteiger partial charge in [0.15, 0.2) is 0 Å². The molecule has 0 radical (unpaired) electrons. The Labute approximate surface area is 169 Å². The summed E-state index contributed by atoms with van der Waals surface area (Å²) >= 11 is 5.71. The number of aryl methyl sites for hydroxylation is 1. The summed E-state index contributed by atoms with van der Waals surface area (Å²) in [6.45, 7) is 1.80. The standard InChI is InChI=1S/C17H13ClN4O6S/c1-10-2-5-12(6-3-10)29(26,27)21-15(19)9-16(20-21)28-17(23)11-4-7-13(18)14(8-11)22(24)25/h2-9H,19H2,1H3. The minimum Gasteiger partial charge on any atom is -0.402 e. The second kappa shape index (κ2) is 7.53. The molecule has 0 aliphatic carbocycles. The van der Waals surface area contributed by atoms with E-state index < -0.39 is 26.6 Å². The van der Waals surface area contributed by atoms with Gasteiger partial charge in [0.1, 0.15) is 10.8 Å². The average molecular weight is 437 g/mol. The number of anilines is 1. The lowest BCUT2D eigenvalue weighted by molar-refractivity contribution is -0.384. The van der Waals surface area contributed by atoms with Crippen molar-refractivity contribution < 1.29 is 22.9 Å². The molecular formula is C17H13ClN4O6S. The van der Waals surface area contributed by atoms with Crippen molar-refractivity contribution in [1.29, 1.82) is 0 Å². The Morgan fingerprint density at radius 1 is 1.21 bits per heavy atom. The Morgan fingerprint density at radius 2 is 1.86 bits per heavy atom. The van der Waals surface area contributed by atoms with Crippen LogP contribution in [0.3, 0.4) is 0 Å². The largest absolute Gasteiger partial charge is 0.402 e. The highest BCUT2D eigenvalue weighted by molar-refractivity contribution is 7.90. The van der Waals surface area contributed by atoms with Crippen molar-refractivity contribution in [3.63, 3.8) is 0 Å². The van der Waals surface area contributed by atoms with Crippen molar-refractivity contribution in [3.8, 4) is 5.88 Å². The van der Waals surface area contributed by atoms with E-state index in [0.29, 0.717) is 4.09 Å². The van der Waals surface area contributed by atoms with Gasteiger partial charge < -0.3 is 10.5 Å². The molecule has 0 spiro atoms. The Kier molecular flexibility index (Phi) is 5.27. The molecule has 2 N–H and O–H groups in total. The molecule has 0 amide bonds. The van der Waals surface area contributed by atoms with Gasteiger partial charge in [-0.25, -0.2) is 4.79 Å². The predicted molar refractivity (Wildman–Crippen MR) is 103 cm³/mol. The predicted octanol–water partition coefficient (Wildman–Crippen LogP) is 2.79. The molecule has 12 heteroatoms. The first kappa shape index (κ1) is 20.3. The van der Waals surface area contributed by atoms with Gasteiger partial charge in [-0.1, -0.05) is 29.3 Å². The van der Waals surface area contributed by atoms with Crippen LogP contribution in [0.1, 0.15) is 15.9 Å². The molecule has 3 rings (SSSR count). The molecule has 0 aliphatic rings. The summed E-state index contributed by atoms with van der Waals surface area (Å²) in [5, 5.41) is 14.5. The summed E-state index contributed by atoms with van der Waals surface area (Å²) in [4.78, 5) is 22.4. The fraction of sp³-hybridized carbons (Fsp3) is 0.0588. The van der Waals surface area contributed by atoms with Crippen LogP contribution in [-0.4, -0.2) is 28.5 Å². The normalized spacial score (nSPS) is 11.2. The molecule has 0 unspecified atom stereocenters. The summed E-state index contributed by atoms with van der Waals surface area (Å²) < 4.78 is 30.9. The maximum Gasteiger partial charge on any atom is 0.345 e. The van der Waals surface area contributed by atoms with Crippen LogP contribution >= 0.6 is 11.6 Å². The smallest absolute Gasteiger partial charge is 0.345 e. The summed E-state index contributed by atoms with van der Waals surface area (Å²) in [7, 11) is -4.11. The van der Waals surface area contributed by atoms with E-state index >= 15 is 0 Å². The summed E-state index contributed by atoms with van der Waals surface area (Å²) in [6, 6.07) is 10.4. The molecule has 1 aromatic heterocycles. The highest BCUT2D eigenvalue weighted by Crippen LogP contribution is 2.26. The van der Waals surface area contributed by atoms with E-state index in [2.05, 4.69) is 5.10 Å². The topological polar surface area (TPSA) is 147 Å². The molecule has 0 atom stereocenters. The van der Waals surface area contributed by atoms with Gasteiger partial charge in [0, 0.05) is 12.1 Å². The van der Waals surface area contributed by atoms with E-state index in [-0.39, 0.29) is 27.2 Å². The number of rotatable bonds is 5. The highest BCUT2D eigenvalue weighted by atomic mass is 35.5. The van der Waals surface area contributed by atoms with Gasteiger partial charge in [-0.15, -0.1) is 9.19 Å². The van der Waals surface area contributed by atoms with Crippen LogP contribution in [0.5, 0.6) is 5.88 Å². The minimum atomic E-state index is -4.11. The van der Waals surface area contributed by atoms with Gasteiger partial charge in [-0.3, -0.25) is 10.1 Å². The lowest BCUT2D eigenvalue weighted by Crippen LogP contribution is -2.17. The first-order chi connectivity index (χ1) is 13.6. The quantitative estimate of drug-likeness (QED) is 0.364. The van der Waals surface area contributed by atoms with Gasteiger partial charge in [0.05, 0.1) is 15.4 Å². The third kappa shape index (κ3) is 4.05. The fourth-order valence-corrected chi connectivity index (χ4v) is 3.73. The van der Waals surface area contributed by atoms with Crippen molar-refractivity contribution in [2.75, 3.05) is 5.73 Å². The van der Waals surface area contributed by atoms with E-state index in [1.54, 1.807) is 19.1 Å². The number of nitrogens with zero attached hydrogens (tertiary/aromatic N) is 3. The molecule has 10 nitrogen and oxygen atoms in total. The Hall–Kier alpha value is -3.44. The fourth-order valence-electron chi connectivity index (χ4n) is 2.34. The number of esters is 1. The van der Waals surface area contributed by atoms with Crippen molar-refractivity contribution >= 4 is 39.1 Å². The molecule has 0 bridgehead atoms. The molecule has 3 aromatic rings. The number of carbonyl (C=O) groups is 1. The number of nitrogens with two attached hydrogens (primary N) is 1. The average Bonchev–Trinajstić information content (AvgIpc) is 3.03. The second-order valence-electron chi connectivity index (χ2n) is 5.88. The highest BCUT2D eigenvalue weighted by Gasteiger charge is 2.24. The number of nitrogen functional groups attached to an aromatic ring is 1. The molecule has 1 heterocycles. The van der Waals surface area contributed by atoms with Crippen LogP contribution in [-0.2, 0) is 10.0 Å². The molecule has 150 valence electrons. The van der Waals surface area contributed by atoms with E-state index in [1.807, 2.05) is 0 Å². The van der Waals surface area contributed by atoms with Crippen molar-refractivity contribution in [2.45, 2.75) is 11.8 Å². The Morgan fingerprint density at radius 3 is 2.48 bits per heavy atom. The van der Waals surface area contributed by atoms with Crippen LogP contribution < -0.4 is 10.5 Å². The van der Waals surface area contributed by atoms with Crippen LogP contribution in [0.2, 0.25) is 5.02 Å². The summed E-state index contributed by atoms with van der Waals surface area (Å²) in [5.74, 6) is -1.67. The Bertz CT molecular complexity index is 1220. The van der Waals surface area contributed by atoms with Gasteiger partial charge in [0.2, 0.25) is 5.88 Å². The number of carbonyl (C=O) groups excluding carboxylic acids is 1. The molecule has 2 aromatic carbocycles. The maximum atomic E-state index is 12.7. The number of hydrogen-bond acceptors (Lipinski definition) is 8. The number of hydrogen-bond donors (Lipinski definition) is 1. The number of nitro benzene ring substituents is 1. The van der Waals surface area contributed by atoms with Gasteiger partial charge >= 0.3 is 5.97 Å². The zero-order chi connectivity index (χ0) is 21.3. The van der Waals surface area contributed by atoms with Crippen molar-refractivity contribution in [1.82, 2.24) is 9.19 Å². The Balaban J connectivity index is 1.89. The number of aromatic nitrogens is 2. The van der Waals surface area contributed by atoms with Crippen molar-refractivity contribution in [3.05, 3.63) is 74.8 Å².